The lowest BCUT2D eigenvalue weighted by molar-refractivity contribution is -0.130. The van der Waals surface area contributed by atoms with E-state index in [0.29, 0.717) is 13.0 Å². The van der Waals surface area contributed by atoms with Crippen molar-refractivity contribution in [3.8, 4) is 5.75 Å². The molecule has 1 aromatic rings. The average molecular weight is 220 g/mol. The van der Waals surface area contributed by atoms with Gasteiger partial charge in [0.05, 0.1) is 12.5 Å². The Kier molecular flexibility index (Phi) is 4.70. The number of carbonyl (C=O) groups excluding carboxylic acids is 2. The number of ketones is 2. The smallest absolute Gasteiger partial charge is 0.140 e. The molecule has 0 aliphatic rings. The second kappa shape index (κ2) is 6.05. The van der Waals surface area contributed by atoms with Gasteiger partial charge in [-0.2, -0.15) is 0 Å². The highest BCUT2D eigenvalue weighted by Gasteiger charge is 2.18. The number of rotatable bonds is 6. The molecule has 0 saturated heterocycles. The Labute approximate surface area is 95.4 Å². The zero-order valence-corrected chi connectivity index (χ0v) is 9.60. The maximum atomic E-state index is 11.2. The van der Waals surface area contributed by atoms with Gasteiger partial charge in [0.1, 0.15) is 17.3 Å². The largest absolute Gasteiger partial charge is 0.494 e. The summed E-state index contributed by atoms with van der Waals surface area (Å²) in [6, 6.07) is 9.35. The van der Waals surface area contributed by atoms with E-state index in [2.05, 4.69) is 0 Å². The Morgan fingerprint density at radius 1 is 1.12 bits per heavy atom. The lowest BCUT2D eigenvalue weighted by Crippen LogP contribution is -2.21. The molecule has 0 aromatic heterocycles. The van der Waals surface area contributed by atoms with Crippen LogP contribution in [0.2, 0.25) is 0 Å². The van der Waals surface area contributed by atoms with E-state index >= 15 is 0 Å². The first kappa shape index (κ1) is 12.4. The van der Waals surface area contributed by atoms with Crippen LogP contribution < -0.4 is 4.74 Å². The van der Waals surface area contributed by atoms with Crippen LogP contribution in [0.4, 0.5) is 0 Å². The van der Waals surface area contributed by atoms with Crippen LogP contribution in [0, 0.1) is 5.92 Å². The predicted molar refractivity (Wildman–Crippen MR) is 61.4 cm³/mol. The highest BCUT2D eigenvalue weighted by Crippen LogP contribution is 2.11. The molecule has 86 valence electrons. The lowest BCUT2D eigenvalue weighted by atomic mass is 9.98. The summed E-state index contributed by atoms with van der Waals surface area (Å²) in [5.74, 6) is 0.0467. The van der Waals surface area contributed by atoms with E-state index in [1.807, 2.05) is 30.3 Å². The van der Waals surface area contributed by atoms with Crippen molar-refractivity contribution >= 4 is 11.6 Å². The van der Waals surface area contributed by atoms with E-state index in [0.717, 1.165) is 5.75 Å². The molecule has 0 fully saturated rings. The molecule has 1 aromatic carbocycles. The molecule has 0 spiro atoms. The van der Waals surface area contributed by atoms with Gasteiger partial charge in [-0.1, -0.05) is 18.2 Å². The first-order chi connectivity index (χ1) is 7.61. The third-order valence-corrected chi connectivity index (χ3v) is 2.40. The van der Waals surface area contributed by atoms with Crippen molar-refractivity contribution in [3.63, 3.8) is 0 Å². The van der Waals surface area contributed by atoms with Crippen molar-refractivity contribution in [3.05, 3.63) is 30.3 Å². The van der Waals surface area contributed by atoms with Gasteiger partial charge in [0.15, 0.2) is 0 Å². The first-order valence-electron chi connectivity index (χ1n) is 5.30. The molecular weight excluding hydrogens is 204 g/mol. The molecule has 0 unspecified atom stereocenters. The van der Waals surface area contributed by atoms with Crippen LogP contribution in [0.25, 0.3) is 0 Å². The summed E-state index contributed by atoms with van der Waals surface area (Å²) in [6.07, 6.45) is 0.444. The minimum absolute atomic E-state index is 0.0934. The fraction of sp³-hybridized carbons (Fsp3) is 0.385. The number of benzene rings is 1. The Morgan fingerprint density at radius 2 is 1.69 bits per heavy atom. The van der Waals surface area contributed by atoms with Gasteiger partial charge in [-0.3, -0.25) is 9.59 Å². The van der Waals surface area contributed by atoms with Crippen LogP contribution in [0.5, 0.6) is 5.75 Å². The topological polar surface area (TPSA) is 43.4 Å². The molecule has 1 rings (SSSR count). The summed E-state index contributed by atoms with van der Waals surface area (Å²) in [7, 11) is 0. The van der Waals surface area contributed by atoms with Crippen LogP contribution >= 0.6 is 0 Å². The summed E-state index contributed by atoms with van der Waals surface area (Å²) >= 11 is 0. The summed E-state index contributed by atoms with van der Waals surface area (Å²) in [5, 5.41) is 0. The number of ether oxygens (including phenoxy) is 1. The van der Waals surface area contributed by atoms with E-state index in [9.17, 15) is 9.59 Å². The molecule has 3 heteroatoms. The fourth-order valence-corrected chi connectivity index (χ4v) is 1.50. The number of hydrogen-bond acceptors (Lipinski definition) is 3. The van der Waals surface area contributed by atoms with Gasteiger partial charge in [-0.25, -0.2) is 0 Å². The molecule has 0 aliphatic heterocycles. The lowest BCUT2D eigenvalue weighted by Gasteiger charge is -2.11. The van der Waals surface area contributed by atoms with Gasteiger partial charge in [-0.05, 0) is 32.4 Å². The second-order valence-corrected chi connectivity index (χ2v) is 3.72. The average Bonchev–Trinajstić information content (AvgIpc) is 2.24. The number of hydrogen-bond donors (Lipinski definition) is 0. The summed E-state index contributed by atoms with van der Waals surface area (Å²) < 4.78 is 5.43. The van der Waals surface area contributed by atoms with E-state index in [4.69, 9.17) is 4.74 Å². The third-order valence-electron chi connectivity index (χ3n) is 2.40. The van der Waals surface area contributed by atoms with Crippen molar-refractivity contribution in [2.75, 3.05) is 6.61 Å². The maximum Gasteiger partial charge on any atom is 0.140 e. The van der Waals surface area contributed by atoms with E-state index in [1.54, 1.807) is 0 Å². The van der Waals surface area contributed by atoms with Gasteiger partial charge in [0.25, 0.3) is 0 Å². The van der Waals surface area contributed by atoms with Crippen LogP contribution in [0.1, 0.15) is 20.3 Å². The minimum atomic E-state index is -0.524. The monoisotopic (exact) mass is 220 g/mol. The quantitative estimate of drug-likeness (QED) is 0.690. The van der Waals surface area contributed by atoms with Gasteiger partial charge >= 0.3 is 0 Å². The first-order valence-corrected chi connectivity index (χ1v) is 5.30. The van der Waals surface area contributed by atoms with Gasteiger partial charge < -0.3 is 4.74 Å². The zero-order valence-electron chi connectivity index (χ0n) is 9.60. The highest BCUT2D eigenvalue weighted by molar-refractivity contribution is 6.00. The van der Waals surface area contributed by atoms with Gasteiger partial charge in [0, 0.05) is 0 Å². The van der Waals surface area contributed by atoms with Crippen molar-refractivity contribution in [1.82, 2.24) is 0 Å². The second-order valence-electron chi connectivity index (χ2n) is 3.72. The molecule has 0 N–H and O–H groups in total. The molecule has 0 bridgehead atoms. The van der Waals surface area contributed by atoms with Crippen LogP contribution in [0.15, 0.2) is 30.3 Å². The number of carbonyl (C=O) groups is 2. The Bertz CT molecular complexity index is 343. The SMILES string of the molecule is CC(=O)C(CCOc1ccccc1)C(C)=O. The number of para-hydroxylation sites is 1. The predicted octanol–water partition coefficient (Wildman–Crippen LogP) is 2.25. The van der Waals surface area contributed by atoms with E-state index < -0.39 is 5.92 Å². The summed E-state index contributed by atoms with van der Waals surface area (Å²) in [6.45, 7) is 3.26. The molecule has 0 saturated carbocycles. The zero-order chi connectivity index (χ0) is 12.0. The highest BCUT2D eigenvalue weighted by atomic mass is 16.5. The number of Topliss-reactive ketones (excluding diaryl/α,β-unsaturated/α-hetero) is 2. The van der Waals surface area contributed by atoms with Crippen molar-refractivity contribution < 1.29 is 14.3 Å². The molecule has 0 atom stereocenters. The molecule has 0 radical (unpaired) electrons. The van der Waals surface area contributed by atoms with Crippen molar-refractivity contribution in [2.45, 2.75) is 20.3 Å². The van der Waals surface area contributed by atoms with Crippen LogP contribution in [0.3, 0.4) is 0 Å². The molecule has 3 nitrogen and oxygen atoms in total. The van der Waals surface area contributed by atoms with Crippen LogP contribution in [-0.2, 0) is 9.59 Å². The molecule has 16 heavy (non-hydrogen) atoms. The summed E-state index contributed by atoms with van der Waals surface area (Å²) in [5.41, 5.74) is 0. The van der Waals surface area contributed by atoms with Crippen LogP contribution in [-0.4, -0.2) is 18.2 Å². The molecule has 0 aliphatic carbocycles. The Balaban J connectivity index is 2.40. The van der Waals surface area contributed by atoms with E-state index in [-0.39, 0.29) is 11.6 Å². The molecular formula is C13H16O3. The third kappa shape index (κ3) is 3.85. The van der Waals surface area contributed by atoms with Gasteiger partial charge in [0.2, 0.25) is 0 Å². The molecule has 0 amide bonds. The van der Waals surface area contributed by atoms with Crippen molar-refractivity contribution in [1.29, 1.82) is 0 Å². The van der Waals surface area contributed by atoms with Gasteiger partial charge in [-0.15, -0.1) is 0 Å². The normalized spacial score (nSPS) is 10.2. The fourth-order valence-electron chi connectivity index (χ4n) is 1.50. The summed E-state index contributed by atoms with van der Waals surface area (Å²) in [4.78, 5) is 22.3. The van der Waals surface area contributed by atoms with E-state index in [1.165, 1.54) is 13.8 Å². The minimum Gasteiger partial charge on any atom is -0.494 e. The van der Waals surface area contributed by atoms with Crippen molar-refractivity contribution in [2.24, 2.45) is 5.92 Å². The standard InChI is InChI=1S/C13H16O3/c1-10(14)13(11(2)15)8-9-16-12-6-4-3-5-7-12/h3-7,13H,8-9H2,1-2H3. The Morgan fingerprint density at radius 3 is 2.19 bits per heavy atom. The Hall–Kier alpha value is -1.64. The maximum absolute atomic E-state index is 11.2. The molecule has 0 heterocycles.